The number of aromatic nitrogens is 1. The van der Waals surface area contributed by atoms with E-state index in [-0.39, 0.29) is 11.3 Å². The van der Waals surface area contributed by atoms with Crippen molar-refractivity contribution in [1.82, 2.24) is 4.98 Å². The third kappa shape index (κ3) is 2.37. The van der Waals surface area contributed by atoms with Gasteiger partial charge in [0.2, 0.25) is 0 Å². The molecule has 2 aliphatic carbocycles. The summed E-state index contributed by atoms with van der Waals surface area (Å²) >= 11 is 1.44. The molecule has 0 amide bonds. The Morgan fingerprint density at radius 3 is 2.73 bits per heavy atom. The molecule has 140 valence electrons. The van der Waals surface area contributed by atoms with Gasteiger partial charge in [-0.3, -0.25) is 0 Å². The molecule has 1 aromatic heterocycles. The summed E-state index contributed by atoms with van der Waals surface area (Å²) in [4.78, 5) is 4.52. The van der Waals surface area contributed by atoms with E-state index in [4.69, 9.17) is 0 Å². The van der Waals surface area contributed by atoms with Crippen LogP contribution in [0.1, 0.15) is 61.4 Å². The van der Waals surface area contributed by atoms with Crippen LogP contribution in [0.4, 0.5) is 0 Å². The van der Waals surface area contributed by atoms with Crippen LogP contribution in [0.5, 0.6) is 5.75 Å². The zero-order valence-corrected chi connectivity index (χ0v) is 16.4. The number of aliphatic hydroxyl groups is 2. The smallest absolute Gasteiger partial charge is 0.144 e. The van der Waals surface area contributed by atoms with Crippen molar-refractivity contribution in [2.24, 2.45) is 5.92 Å². The van der Waals surface area contributed by atoms with Crippen molar-refractivity contribution in [1.29, 1.82) is 0 Å². The number of rotatable bonds is 2. The first-order valence-electron chi connectivity index (χ1n) is 9.41. The van der Waals surface area contributed by atoms with E-state index >= 15 is 0 Å². The topological polar surface area (TPSA) is 73.6 Å². The highest BCUT2D eigenvalue weighted by Gasteiger charge is 2.61. The van der Waals surface area contributed by atoms with E-state index < -0.39 is 11.2 Å². The van der Waals surface area contributed by atoms with Crippen LogP contribution in [-0.2, 0) is 17.4 Å². The maximum absolute atomic E-state index is 11.6. The molecule has 1 fully saturated rings. The van der Waals surface area contributed by atoms with Crippen LogP contribution in [0.15, 0.2) is 23.6 Å². The Bertz CT molecular complexity index is 846. The number of fused-ring (bicyclic) bond motifs is 3. The fourth-order valence-electron chi connectivity index (χ4n) is 5.44. The predicted molar refractivity (Wildman–Crippen MR) is 102 cm³/mol. The molecule has 0 spiro atoms. The molecule has 0 radical (unpaired) electrons. The summed E-state index contributed by atoms with van der Waals surface area (Å²) in [5, 5.41) is 35.5. The van der Waals surface area contributed by atoms with Gasteiger partial charge in [-0.25, -0.2) is 4.98 Å². The maximum Gasteiger partial charge on any atom is 0.144 e. The average molecular weight is 374 g/mol. The standard InChI is InChI=1S/C21H27NO3S/c1-4-20-12-19(3,24)21(25,18-22-13(2)11-26-18)10-15(20)6-5-14-9-16(23)7-8-17(14)20/h7-9,11,15,23-25H,4-6,10,12H2,1-3H3. The van der Waals surface area contributed by atoms with Crippen LogP contribution in [0, 0.1) is 12.8 Å². The molecule has 2 aliphatic rings. The lowest BCUT2D eigenvalue weighted by Gasteiger charge is -2.58. The summed E-state index contributed by atoms with van der Waals surface area (Å²) in [7, 11) is 0. The third-order valence-electron chi connectivity index (χ3n) is 6.87. The first-order valence-corrected chi connectivity index (χ1v) is 10.3. The molecule has 1 heterocycles. The second-order valence-electron chi connectivity index (χ2n) is 8.40. The Morgan fingerprint density at radius 2 is 2.08 bits per heavy atom. The number of hydrogen-bond acceptors (Lipinski definition) is 5. The van der Waals surface area contributed by atoms with Gasteiger partial charge in [0.25, 0.3) is 0 Å². The number of benzene rings is 1. The van der Waals surface area contributed by atoms with Crippen LogP contribution < -0.4 is 0 Å². The molecule has 26 heavy (non-hydrogen) atoms. The molecule has 1 saturated carbocycles. The summed E-state index contributed by atoms with van der Waals surface area (Å²) in [6, 6.07) is 5.63. The molecular formula is C21H27NO3S. The number of hydrogen-bond donors (Lipinski definition) is 3. The third-order valence-corrected chi connectivity index (χ3v) is 7.98. The van der Waals surface area contributed by atoms with Gasteiger partial charge in [0, 0.05) is 16.5 Å². The Hall–Kier alpha value is -1.43. The van der Waals surface area contributed by atoms with Gasteiger partial charge in [-0.2, -0.15) is 0 Å². The van der Waals surface area contributed by atoms with Crippen LogP contribution in [0.2, 0.25) is 0 Å². The van der Waals surface area contributed by atoms with Gasteiger partial charge >= 0.3 is 0 Å². The van der Waals surface area contributed by atoms with E-state index in [1.165, 1.54) is 22.5 Å². The van der Waals surface area contributed by atoms with Crippen LogP contribution in [0.25, 0.3) is 0 Å². The van der Waals surface area contributed by atoms with Crippen molar-refractivity contribution in [3.8, 4) is 5.75 Å². The van der Waals surface area contributed by atoms with Crippen molar-refractivity contribution >= 4 is 11.3 Å². The summed E-state index contributed by atoms with van der Waals surface area (Å²) in [6.45, 7) is 5.84. The molecule has 5 heteroatoms. The lowest BCUT2D eigenvalue weighted by molar-refractivity contribution is -0.205. The largest absolute Gasteiger partial charge is 0.508 e. The molecule has 4 rings (SSSR count). The van der Waals surface area contributed by atoms with E-state index in [9.17, 15) is 15.3 Å². The molecule has 1 aromatic carbocycles. The van der Waals surface area contributed by atoms with Crippen LogP contribution in [0.3, 0.4) is 0 Å². The van der Waals surface area contributed by atoms with Gasteiger partial charge in [-0.1, -0.05) is 13.0 Å². The normalized spacial score (nSPS) is 36.4. The summed E-state index contributed by atoms with van der Waals surface area (Å²) < 4.78 is 0. The number of phenols is 1. The minimum Gasteiger partial charge on any atom is -0.508 e. The van der Waals surface area contributed by atoms with E-state index in [2.05, 4.69) is 11.9 Å². The highest BCUT2D eigenvalue weighted by Crippen LogP contribution is 2.60. The minimum absolute atomic E-state index is 0.177. The van der Waals surface area contributed by atoms with Crippen LogP contribution >= 0.6 is 11.3 Å². The molecule has 0 bridgehead atoms. The number of nitrogens with zero attached hydrogens (tertiary/aromatic N) is 1. The average Bonchev–Trinajstić information content (AvgIpc) is 3.02. The van der Waals surface area contributed by atoms with Gasteiger partial charge in [0.1, 0.15) is 16.4 Å². The molecular weight excluding hydrogens is 346 g/mol. The minimum atomic E-state index is -1.32. The quantitative estimate of drug-likeness (QED) is 0.749. The zero-order chi connectivity index (χ0) is 18.7. The molecule has 0 saturated heterocycles. The molecule has 4 atom stereocenters. The van der Waals surface area contributed by atoms with Gasteiger partial charge in [-0.05, 0) is 75.1 Å². The van der Waals surface area contributed by atoms with Gasteiger partial charge in [-0.15, -0.1) is 11.3 Å². The second kappa shape index (κ2) is 5.78. The highest BCUT2D eigenvalue weighted by atomic mass is 32.1. The molecule has 2 aromatic rings. The van der Waals surface area contributed by atoms with Crippen LogP contribution in [-0.4, -0.2) is 25.9 Å². The first kappa shape index (κ1) is 18.0. The van der Waals surface area contributed by atoms with E-state index in [1.807, 2.05) is 24.4 Å². The monoisotopic (exact) mass is 373 g/mol. The lowest BCUT2D eigenvalue weighted by Crippen LogP contribution is -2.62. The molecule has 3 N–H and O–H groups in total. The van der Waals surface area contributed by atoms with Crippen molar-refractivity contribution in [2.75, 3.05) is 0 Å². The summed E-state index contributed by atoms with van der Waals surface area (Å²) in [5.41, 5.74) is 0.524. The van der Waals surface area contributed by atoms with Gasteiger partial charge in [0.15, 0.2) is 0 Å². The summed E-state index contributed by atoms with van der Waals surface area (Å²) in [6.07, 6.45) is 3.76. The fraction of sp³-hybridized carbons (Fsp3) is 0.571. The molecule has 4 unspecified atom stereocenters. The number of aryl methyl sites for hydroxylation is 2. The number of thiazole rings is 1. The van der Waals surface area contributed by atoms with Crippen molar-refractivity contribution in [2.45, 2.75) is 69.5 Å². The predicted octanol–water partition coefficient (Wildman–Crippen LogP) is 3.80. The molecule has 4 nitrogen and oxygen atoms in total. The van der Waals surface area contributed by atoms with E-state index in [0.717, 1.165) is 25.0 Å². The number of phenolic OH excluding ortho intramolecular Hbond substituents is 1. The Morgan fingerprint density at radius 1 is 1.31 bits per heavy atom. The lowest BCUT2D eigenvalue weighted by atomic mass is 9.49. The summed E-state index contributed by atoms with van der Waals surface area (Å²) in [5.74, 6) is 0.574. The number of aromatic hydroxyl groups is 1. The second-order valence-corrected chi connectivity index (χ2v) is 9.25. The van der Waals surface area contributed by atoms with Crippen molar-refractivity contribution in [3.63, 3.8) is 0 Å². The maximum atomic E-state index is 11.6. The zero-order valence-electron chi connectivity index (χ0n) is 15.6. The highest BCUT2D eigenvalue weighted by molar-refractivity contribution is 7.09. The Kier molecular flexibility index (Phi) is 3.99. The first-order chi connectivity index (χ1) is 12.2. The Balaban J connectivity index is 1.83. The van der Waals surface area contributed by atoms with Crippen molar-refractivity contribution < 1.29 is 15.3 Å². The van der Waals surface area contributed by atoms with E-state index in [0.29, 0.717) is 23.6 Å². The van der Waals surface area contributed by atoms with Gasteiger partial charge in [0.05, 0.1) is 5.60 Å². The van der Waals surface area contributed by atoms with Gasteiger partial charge < -0.3 is 15.3 Å². The molecule has 0 aliphatic heterocycles. The fourth-order valence-corrected chi connectivity index (χ4v) is 6.47. The Labute approximate surface area is 158 Å². The van der Waals surface area contributed by atoms with Crippen molar-refractivity contribution in [3.05, 3.63) is 45.4 Å². The SMILES string of the molecule is CCC12CC(C)(O)C(O)(c3nc(C)cs3)CC1CCc1cc(O)ccc12. The van der Waals surface area contributed by atoms with E-state index in [1.54, 1.807) is 13.0 Å².